The van der Waals surface area contributed by atoms with E-state index in [1.165, 1.54) is 52.0 Å². The maximum atomic E-state index is 14.9. The van der Waals surface area contributed by atoms with Gasteiger partial charge in [-0.2, -0.15) is 25.3 Å². The van der Waals surface area contributed by atoms with E-state index < -0.39 is 118 Å². The van der Waals surface area contributed by atoms with Crippen molar-refractivity contribution in [3.8, 4) is 5.75 Å². The summed E-state index contributed by atoms with van der Waals surface area (Å²) in [4.78, 5) is 122. The number of H-pyrrole nitrogens is 2. The first kappa shape index (κ1) is 64.0. The summed E-state index contributed by atoms with van der Waals surface area (Å²) in [5.41, 5.74) is 26.3. The van der Waals surface area contributed by atoms with Gasteiger partial charge in [0.1, 0.15) is 48.0 Å². The molecule has 3 aromatic carbocycles. The smallest absolute Gasteiger partial charge is 0.245 e. The quantitative estimate of drug-likeness (QED) is 0.0113. The molecule has 0 radical (unpaired) electrons. The van der Waals surface area contributed by atoms with Crippen LogP contribution in [0.3, 0.4) is 0 Å². The van der Waals surface area contributed by atoms with E-state index >= 15 is 0 Å². The number of aromatic amines is 2. The summed E-state index contributed by atoms with van der Waals surface area (Å²) in [7, 11) is 0. The van der Waals surface area contributed by atoms with Gasteiger partial charge in [0, 0.05) is 70.0 Å². The van der Waals surface area contributed by atoms with Crippen LogP contribution in [0.5, 0.6) is 5.75 Å². The highest BCUT2D eigenvalue weighted by Gasteiger charge is 2.40. The van der Waals surface area contributed by atoms with Gasteiger partial charge in [-0.25, -0.2) is 0 Å². The van der Waals surface area contributed by atoms with Crippen LogP contribution in [0.25, 0.3) is 21.8 Å². The van der Waals surface area contributed by atoms with Crippen molar-refractivity contribution >= 4 is 100 Å². The number of rotatable bonds is 29. The normalized spacial score (nSPS) is 15.6. The van der Waals surface area contributed by atoms with Gasteiger partial charge in [-0.15, -0.1) is 0 Å². The molecule has 438 valence electrons. The van der Waals surface area contributed by atoms with Gasteiger partial charge in [0.05, 0.1) is 18.2 Å². The lowest BCUT2D eigenvalue weighted by molar-refractivity contribution is -0.137. The Labute approximate surface area is 478 Å². The highest BCUT2D eigenvalue weighted by molar-refractivity contribution is 7.81. The molecule has 0 aliphatic heterocycles. The second kappa shape index (κ2) is 29.0. The predicted molar refractivity (Wildman–Crippen MR) is 311 cm³/mol. The summed E-state index contributed by atoms with van der Waals surface area (Å²) in [5, 5.41) is 50.6. The molecule has 0 bridgehead atoms. The average molecular weight is 1160 g/mol. The number of aliphatic hydroxyl groups is 2. The number of aromatic hydroxyl groups is 1. The number of nitrogens with two attached hydrogens (primary N) is 4. The van der Waals surface area contributed by atoms with Crippen molar-refractivity contribution in [3.63, 3.8) is 0 Å². The molecule has 0 fully saturated rings. The fourth-order valence-corrected chi connectivity index (χ4v) is 9.31. The number of amides is 8. The van der Waals surface area contributed by atoms with E-state index in [-0.39, 0.29) is 49.7 Å². The Morgan fingerprint density at radius 3 is 1.69 bits per heavy atom. The van der Waals surface area contributed by atoms with Crippen LogP contribution in [0, 0.1) is 0 Å². The number of carbonyl (C=O) groups is 8. The number of aromatic nitrogens is 2. The first-order chi connectivity index (χ1) is 38.2. The lowest BCUT2D eigenvalue weighted by atomic mass is 9.93. The molecule has 11 atom stereocenters. The van der Waals surface area contributed by atoms with Crippen LogP contribution in [0.15, 0.2) is 90.2 Å². The molecule has 0 saturated carbocycles. The van der Waals surface area contributed by atoms with Gasteiger partial charge in [0.25, 0.3) is 0 Å². The van der Waals surface area contributed by atoms with Crippen LogP contribution in [0.2, 0.25) is 0 Å². The molecule has 27 heteroatoms. The summed E-state index contributed by atoms with van der Waals surface area (Å²) in [6, 6.07) is 8.65. The van der Waals surface area contributed by atoms with Gasteiger partial charge < -0.3 is 85.4 Å². The van der Waals surface area contributed by atoms with E-state index in [4.69, 9.17) is 22.9 Å². The number of fused-ring (bicyclic) bond motifs is 2. The zero-order valence-corrected chi connectivity index (χ0v) is 47.2. The van der Waals surface area contributed by atoms with E-state index in [9.17, 15) is 53.7 Å². The number of carbonyl (C=O) groups excluding carboxylic acids is 8. The van der Waals surface area contributed by atoms with E-state index in [1.807, 2.05) is 24.3 Å². The molecule has 0 saturated heterocycles. The van der Waals surface area contributed by atoms with Crippen LogP contribution in [-0.4, -0.2) is 156 Å². The number of phenolic OH excluding ortho intramolecular Hbond substituents is 1. The van der Waals surface area contributed by atoms with Gasteiger partial charge in [-0.05, 0) is 81.5 Å². The van der Waals surface area contributed by atoms with Gasteiger partial charge in [-0.3, -0.25) is 43.3 Å². The molecule has 81 heavy (non-hydrogen) atoms. The predicted octanol–water partition coefficient (Wildman–Crippen LogP) is -1.40. The molecule has 8 amide bonds. The number of phenols is 1. The highest BCUT2D eigenvalue weighted by atomic mass is 32.1. The van der Waals surface area contributed by atoms with Crippen molar-refractivity contribution < 1.29 is 53.7 Å². The molecule has 0 unspecified atom stereocenters. The van der Waals surface area contributed by atoms with Crippen molar-refractivity contribution in [2.45, 2.75) is 132 Å². The van der Waals surface area contributed by atoms with Crippen LogP contribution in [0.4, 0.5) is 0 Å². The lowest BCUT2D eigenvalue weighted by Crippen LogP contribution is -2.64. The topological polar surface area (TPSA) is 429 Å². The maximum absolute atomic E-state index is 14.9. The van der Waals surface area contributed by atoms with Gasteiger partial charge in [0.15, 0.2) is 5.96 Å². The summed E-state index contributed by atoms with van der Waals surface area (Å²) >= 11 is 8.81. The minimum atomic E-state index is -1.79. The van der Waals surface area contributed by atoms with Crippen molar-refractivity contribution in [1.82, 2.24) is 47.2 Å². The average Bonchev–Trinajstić information content (AvgIpc) is 4.04. The standard InChI is InChI=1S/C54H74N14O11S2/c1-26(34-24-61-36-14-9-7-12-33(34)36)41(55)50(77)65-40(25-80)49(76)63-38(21-29-16-18-31(71)19-17-29)47(74)64-39(22-30-23-60-35-13-8-6-11-32(30)35)48(75)62-37(15-10-20-59-53(57)58)46(73)67-43(28(3)70)51(78)68-44(54(4,5)81)52(79)66-42(27(2)69)45(56)72/h6-9,11-14,16-19,23-24,26-28,37-44,60-61,69-71,80-81H,10,15,20-22,25,55H2,1-5H3,(H2,56,72)(H,62,75)(H,63,76)(H,64,74)(H,65,77)(H,66,79)(H,67,73)(H,68,78)(H4,57,58,59)/t26-,27-,28-,37+,38+,39-,40+,41+,42+,43+,44-/m1/s1. The van der Waals surface area contributed by atoms with Crippen molar-refractivity contribution in [1.29, 1.82) is 0 Å². The van der Waals surface area contributed by atoms with Crippen molar-refractivity contribution in [3.05, 3.63) is 102 Å². The van der Waals surface area contributed by atoms with E-state index in [0.717, 1.165) is 16.5 Å². The van der Waals surface area contributed by atoms with E-state index in [0.29, 0.717) is 22.0 Å². The van der Waals surface area contributed by atoms with E-state index in [1.54, 1.807) is 43.6 Å². The van der Waals surface area contributed by atoms with Crippen LogP contribution >= 0.6 is 25.3 Å². The molecule has 2 heterocycles. The minimum absolute atomic E-state index is 0.0220. The number of benzene rings is 3. The Bertz CT molecular complexity index is 3050. The van der Waals surface area contributed by atoms with E-state index in [2.05, 4.69) is 77.4 Å². The first-order valence-corrected chi connectivity index (χ1v) is 27.1. The number of aliphatic imine (C=N–C) groups is 1. The third-order valence-corrected chi connectivity index (χ3v) is 14.1. The molecule has 5 rings (SSSR count). The summed E-state index contributed by atoms with van der Waals surface area (Å²) < 4.78 is -1.36. The molecule has 2 aromatic heterocycles. The highest BCUT2D eigenvalue weighted by Crippen LogP contribution is 2.27. The lowest BCUT2D eigenvalue weighted by Gasteiger charge is -2.33. The van der Waals surface area contributed by atoms with Crippen LogP contribution in [0.1, 0.15) is 70.1 Å². The molecular formula is C54H74N14O11S2. The number of nitrogens with zero attached hydrogens (tertiary/aromatic N) is 1. The maximum Gasteiger partial charge on any atom is 0.245 e. The number of hydrogen-bond acceptors (Lipinski definition) is 15. The fourth-order valence-electron chi connectivity index (χ4n) is 8.87. The van der Waals surface area contributed by atoms with Gasteiger partial charge in [-0.1, -0.05) is 55.5 Å². The molecule has 20 N–H and O–H groups in total. The van der Waals surface area contributed by atoms with Crippen LogP contribution < -0.4 is 60.2 Å². The number of nitrogens with one attached hydrogen (secondary N) is 9. The zero-order chi connectivity index (χ0) is 59.9. The summed E-state index contributed by atoms with van der Waals surface area (Å²) in [5.74, 6) is -8.51. The first-order valence-electron chi connectivity index (χ1n) is 26.0. The minimum Gasteiger partial charge on any atom is -0.508 e. The molecule has 25 nitrogen and oxygen atoms in total. The molecule has 0 aliphatic rings. The number of thiol groups is 2. The fraction of sp³-hybridized carbons (Fsp3) is 0.426. The Kier molecular flexibility index (Phi) is 22.9. The molecule has 0 spiro atoms. The van der Waals surface area contributed by atoms with Crippen molar-refractivity contribution in [2.24, 2.45) is 27.9 Å². The SMILES string of the molecule is C[C@H](c1c[nH]c2ccccc12)[C@H](N)C(=O)N[C@@H](CS)C(=O)N[C@@H](Cc1ccc(O)cc1)C(=O)N[C@H](Cc1c[nH]c2ccccc12)C(=O)N[C@@H](CCCN=C(N)N)C(=O)N[C@H](C(=O)N[C@H](C(=O)N[C@H](C(N)=O)[C@@H](C)O)C(C)(C)S)[C@@H](C)O. The van der Waals surface area contributed by atoms with Crippen LogP contribution in [-0.2, 0) is 51.2 Å². The second-order valence-corrected chi connectivity index (χ2v) is 21.9. The second-order valence-electron chi connectivity index (χ2n) is 20.4. The van der Waals surface area contributed by atoms with Gasteiger partial charge in [0.2, 0.25) is 47.3 Å². The number of primary amides is 1. The number of hydrogen-bond donors (Lipinski definition) is 18. The Morgan fingerprint density at radius 2 is 1.12 bits per heavy atom. The Morgan fingerprint density at radius 1 is 0.617 bits per heavy atom. The third kappa shape index (κ3) is 17.8. The summed E-state index contributed by atoms with van der Waals surface area (Å²) in [6.07, 6.45) is -0.156. The summed E-state index contributed by atoms with van der Waals surface area (Å²) in [6.45, 7) is 7.07. The number of aliphatic hydroxyl groups excluding tert-OH is 2. The molecule has 5 aromatic rings. The van der Waals surface area contributed by atoms with Gasteiger partial charge >= 0.3 is 0 Å². The largest absolute Gasteiger partial charge is 0.508 e. The number of guanidine groups is 1. The Hall–Kier alpha value is -7.85. The van der Waals surface area contributed by atoms with Crippen molar-refractivity contribution in [2.75, 3.05) is 12.3 Å². The Balaban J connectivity index is 1.44. The zero-order valence-electron chi connectivity index (χ0n) is 45.4. The molecule has 0 aliphatic carbocycles. The molecular weight excluding hydrogens is 1080 g/mol. The third-order valence-electron chi connectivity index (χ3n) is 13.5. The monoisotopic (exact) mass is 1160 g/mol. The number of para-hydroxylation sites is 2.